The third kappa shape index (κ3) is 12.8. The van der Waals surface area contributed by atoms with Crippen molar-refractivity contribution in [2.75, 3.05) is 33.0 Å². The van der Waals surface area contributed by atoms with Crippen molar-refractivity contribution >= 4 is 5.97 Å². The van der Waals surface area contributed by atoms with Crippen LogP contribution in [0.3, 0.4) is 0 Å². The van der Waals surface area contributed by atoms with E-state index >= 15 is 4.79 Å². The van der Waals surface area contributed by atoms with Gasteiger partial charge in [0.05, 0.1) is 56.8 Å². The number of aliphatic hydroxyl groups excluding tert-OH is 18. The Morgan fingerprint density at radius 2 is 1.03 bits per heavy atom. The Morgan fingerprint density at radius 3 is 1.68 bits per heavy atom. The molecule has 6 heterocycles. The Balaban J connectivity index is 0.781. The van der Waals surface area contributed by atoms with Crippen molar-refractivity contribution in [1.82, 2.24) is 0 Å². The first kappa shape index (κ1) is 75.2. The van der Waals surface area contributed by atoms with E-state index in [4.69, 9.17) is 56.8 Å². The van der Waals surface area contributed by atoms with Gasteiger partial charge in [0.2, 0.25) is 6.29 Å². The van der Waals surface area contributed by atoms with E-state index in [1.54, 1.807) is 0 Å². The summed E-state index contributed by atoms with van der Waals surface area (Å²) in [5, 5.41) is 197. The molecule has 31 heteroatoms. The Morgan fingerprint density at radius 1 is 0.500 bits per heavy atom. The molecule has 11 rings (SSSR count). The molecular formula is C65H106O31. The molecule has 96 heavy (non-hydrogen) atoms. The molecule has 5 aliphatic carbocycles. The maximum atomic E-state index is 15.2. The average Bonchev–Trinajstić information content (AvgIpc) is 0.675. The minimum atomic E-state index is -1.99. The number of fused-ring (bicyclic) bond motifs is 7. The van der Waals surface area contributed by atoms with Gasteiger partial charge in [-0.05, 0) is 117 Å². The molecule has 0 amide bonds. The van der Waals surface area contributed by atoms with Crippen LogP contribution in [0, 0.1) is 50.2 Å². The van der Waals surface area contributed by atoms with Crippen LogP contribution in [0.15, 0.2) is 11.6 Å². The van der Waals surface area contributed by atoms with Crippen LogP contribution in [0.4, 0.5) is 0 Å². The van der Waals surface area contributed by atoms with Crippen LogP contribution >= 0.6 is 0 Å². The zero-order valence-corrected chi connectivity index (χ0v) is 55.6. The van der Waals surface area contributed by atoms with Crippen molar-refractivity contribution in [1.29, 1.82) is 0 Å². The molecule has 0 radical (unpaired) electrons. The highest BCUT2D eigenvalue weighted by Crippen LogP contribution is 2.76. The van der Waals surface area contributed by atoms with Crippen LogP contribution in [-0.2, 0) is 61.6 Å². The lowest BCUT2D eigenvalue weighted by Crippen LogP contribution is -2.67. The molecule has 0 aromatic rings. The highest BCUT2D eigenvalue weighted by Gasteiger charge is 2.71. The molecule has 0 aromatic heterocycles. The van der Waals surface area contributed by atoms with Crippen molar-refractivity contribution in [2.24, 2.45) is 50.2 Å². The van der Waals surface area contributed by atoms with Gasteiger partial charge in [-0.2, -0.15) is 0 Å². The summed E-state index contributed by atoms with van der Waals surface area (Å²) in [4.78, 5) is 15.2. The third-order valence-corrected chi connectivity index (χ3v) is 25.3. The lowest BCUT2D eigenvalue weighted by molar-refractivity contribution is -0.391. The highest BCUT2D eigenvalue weighted by molar-refractivity contribution is 5.79. The maximum absolute atomic E-state index is 15.2. The summed E-state index contributed by atoms with van der Waals surface area (Å²) in [7, 11) is 0. The number of hydrogen-bond acceptors (Lipinski definition) is 31. The van der Waals surface area contributed by atoms with Crippen molar-refractivity contribution < 1.29 is 154 Å². The standard InChI is InChI=1S/C65H106O31/c1-25-36(70)42(76)46(80)54(87-25)94-51-41(75)31(21-67)90-57(49(51)83)93-50-37(71)26(2)88-56(48(50)82)95-52-38(72)29(69)22-85-58(52)92-35-12-13-61(5)33(62(35,6)24-68)11-14-64(8)34(61)10-9-27-28-19-60(3,4)15-17-65(28,18-16-63(27,64)7)59(84)96-55-47(81)44(78)40(74)32(91-55)23-86-53-45(79)43(77)39(73)30(20-66)89-53/h9,25-26,28-58,66-83H,10-24H2,1-8H3/t25-,26-,28?,29+,30+,31+,32+,33?,34?,35?,36+,37-,38-,39+,40+,41+,42+,43-,44-,45+,46+,47+,48+,49+,50+,51-,52+,53+,54-,55-,56-,57-,58-,61?,62?,63?,64?,65?/m0/s1. The van der Waals surface area contributed by atoms with Crippen LogP contribution in [0.1, 0.15) is 120 Å². The van der Waals surface area contributed by atoms with E-state index in [0.29, 0.717) is 57.8 Å². The molecule has 18 N–H and O–H groups in total. The van der Waals surface area contributed by atoms with Crippen molar-refractivity contribution in [3.05, 3.63) is 11.6 Å². The molecule has 9 unspecified atom stereocenters. The Hall–Kier alpha value is -1.95. The van der Waals surface area contributed by atoms with E-state index in [1.807, 2.05) is 6.92 Å². The van der Waals surface area contributed by atoms with E-state index in [0.717, 1.165) is 12.0 Å². The molecular weight excluding hydrogens is 1280 g/mol. The number of esters is 1. The SMILES string of the molecule is C[C@@H]1O[C@@H](O[C@H]2[C@H](OC3CCC4(C)C(CCC5(C)C4CC=C4C6CC(C)(C)CCC6(C(=O)O[C@@H]6O[C@H](CO[C@@H]7O[C@H](CO)[C@@H](O)[C@H](O)[C@H]7O)[C@@H](O)[C@H](O)[C@H]6O)CCC45C)C3(C)CO)OC[C@@H](O)[C@@H]2O)[C@H](O)[C@H](O[C@@H]2O[C@H](CO)[C@@H](O)[C@H](O[C@@H]3O[C@@H](C)[C@@H](O)[C@@H](O)[C@H]3O)[C@H]2O)[C@H]1O. The predicted molar refractivity (Wildman–Crippen MR) is 321 cm³/mol. The maximum Gasteiger partial charge on any atom is 0.315 e. The van der Waals surface area contributed by atoms with Crippen LogP contribution < -0.4 is 0 Å². The number of ether oxygens (including phenoxy) is 12. The van der Waals surface area contributed by atoms with Gasteiger partial charge in [-0.3, -0.25) is 4.79 Å². The smallest absolute Gasteiger partial charge is 0.315 e. The van der Waals surface area contributed by atoms with Gasteiger partial charge >= 0.3 is 5.97 Å². The topological polar surface area (TPSA) is 492 Å². The van der Waals surface area contributed by atoms with E-state index < -0.39 is 238 Å². The Kier molecular flexibility index (Phi) is 22.1. The van der Waals surface area contributed by atoms with Gasteiger partial charge < -0.3 is 149 Å². The summed E-state index contributed by atoms with van der Waals surface area (Å²) in [6, 6.07) is 0. The quantitative estimate of drug-likeness (QED) is 0.0392. The predicted octanol–water partition coefficient (Wildman–Crippen LogP) is -4.72. The first-order chi connectivity index (χ1) is 45.1. The molecule has 38 atom stereocenters. The van der Waals surface area contributed by atoms with Gasteiger partial charge in [0.1, 0.15) is 128 Å². The van der Waals surface area contributed by atoms with Gasteiger partial charge in [0, 0.05) is 5.41 Å². The number of allylic oxidation sites excluding steroid dienone is 2. The Bertz CT molecular complexity index is 2700. The zero-order chi connectivity index (χ0) is 70.0. The number of carbonyl (C=O) groups is 1. The first-order valence-electron chi connectivity index (χ1n) is 34.1. The second-order valence-corrected chi connectivity index (χ2v) is 31.3. The van der Waals surface area contributed by atoms with Gasteiger partial charge in [-0.25, -0.2) is 0 Å². The van der Waals surface area contributed by atoms with Gasteiger partial charge in [0.15, 0.2) is 31.5 Å². The molecule has 6 aliphatic heterocycles. The summed E-state index contributed by atoms with van der Waals surface area (Å²) in [5.74, 6) is -1.03. The van der Waals surface area contributed by atoms with E-state index in [9.17, 15) is 91.9 Å². The molecule has 0 bridgehead atoms. The summed E-state index contributed by atoms with van der Waals surface area (Å²) in [6.45, 7) is 13.2. The lowest BCUT2D eigenvalue weighted by Gasteiger charge is -2.71. The molecule has 11 aliphatic rings. The van der Waals surface area contributed by atoms with E-state index in [2.05, 4.69) is 40.7 Å². The normalized spacial score (nSPS) is 55.1. The molecule has 31 nitrogen and oxygen atoms in total. The number of carbonyl (C=O) groups excluding carboxylic acids is 1. The fraction of sp³-hybridized carbons (Fsp3) is 0.954. The average molecular weight is 1380 g/mol. The minimum absolute atomic E-state index is 0.0578. The van der Waals surface area contributed by atoms with Gasteiger partial charge in [-0.1, -0.05) is 53.2 Å². The van der Waals surface area contributed by atoms with Crippen molar-refractivity contribution in [3.63, 3.8) is 0 Å². The fourth-order valence-corrected chi connectivity index (χ4v) is 19.0. The van der Waals surface area contributed by atoms with Gasteiger partial charge in [-0.15, -0.1) is 0 Å². The summed E-state index contributed by atoms with van der Waals surface area (Å²) < 4.78 is 71.5. The highest BCUT2D eigenvalue weighted by atomic mass is 16.8. The largest absolute Gasteiger partial charge is 0.432 e. The number of aliphatic hydroxyl groups is 18. The Labute approximate surface area is 556 Å². The molecule has 0 aromatic carbocycles. The van der Waals surface area contributed by atoms with Crippen molar-refractivity contribution in [3.8, 4) is 0 Å². The van der Waals surface area contributed by atoms with E-state index in [1.165, 1.54) is 13.8 Å². The molecule has 0 spiro atoms. The van der Waals surface area contributed by atoms with Gasteiger partial charge in [0.25, 0.3) is 0 Å². The minimum Gasteiger partial charge on any atom is -0.432 e. The molecule has 4 saturated carbocycles. The second kappa shape index (κ2) is 28.3. The summed E-state index contributed by atoms with van der Waals surface area (Å²) in [6.07, 6.45) is -40.9. The summed E-state index contributed by atoms with van der Waals surface area (Å²) in [5.41, 5.74) is -2.27. The second-order valence-electron chi connectivity index (χ2n) is 31.3. The fourth-order valence-electron chi connectivity index (χ4n) is 19.0. The number of rotatable bonds is 16. The summed E-state index contributed by atoms with van der Waals surface area (Å²) >= 11 is 0. The number of hydrogen-bond donors (Lipinski definition) is 18. The molecule has 10 fully saturated rings. The monoisotopic (exact) mass is 1380 g/mol. The van der Waals surface area contributed by atoms with Crippen LogP contribution in [0.2, 0.25) is 0 Å². The molecule has 552 valence electrons. The van der Waals surface area contributed by atoms with Crippen molar-refractivity contribution in [2.45, 2.75) is 304 Å². The van der Waals surface area contributed by atoms with Crippen LogP contribution in [-0.4, -0.2) is 315 Å². The third-order valence-electron chi connectivity index (χ3n) is 25.3. The molecule has 6 saturated heterocycles. The lowest BCUT2D eigenvalue weighted by atomic mass is 9.33. The first-order valence-corrected chi connectivity index (χ1v) is 34.1. The van der Waals surface area contributed by atoms with E-state index in [-0.39, 0.29) is 35.2 Å². The van der Waals surface area contributed by atoms with Crippen LogP contribution in [0.25, 0.3) is 0 Å². The zero-order valence-electron chi connectivity index (χ0n) is 55.6. The van der Waals surface area contributed by atoms with Crippen LogP contribution in [0.5, 0.6) is 0 Å².